The third kappa shape index (κ3) is 1.89. The van der Waals surface area contributed by atoms with E-state index in [4.69, 9.17) is 0 Å². The zero-order valence-electron chi connectivity index (χ0n) is 10.8. The van der Waals surface area contributed by atoms with Crippen molar-refractivity contribution >= 4 is 0 Å². The Bertz CT molecular complexity index is 567. The summed E-state index contributed by atoms with van der Waals surface area (Å²) in [6.07, 6.45) is 5.16. The molecule has 3 atom stereocenters. The van der Waals surface area contributed by atoms with Gasteiger partial charge in [0.2, 0.25) is 0 Å². The van der Waals surface area contributed by atoms with Gasteiger partial charge in [-0.1, -0.05) is 18.2 Å². The molecule has 0 spiro atoms. The third-order valence-electron chi connectivity index (χ3n) is 4.70. The number of hydrogen-bond acceptors (Lipinski definition) is 2. The van der Waals surface area contributed by atoms with Gasteiger partial charge in [-0.3, -0.25) is 0 Å². The highest BCUT2D eigenvalue weighted by atomic mass is 16.3. The first-order chi connectivity index (χ1) is 9.33. The molecule has 1 heterocycles. The monoisotopic (exact) mass is 254 g/mol. The minimum Gasteiger partial charge on any atom is -0.387 e. The standard InChI is InChI=1S/C16H18N2O/c19-16(13-9-11-8-12(11)10-13)15-6-7-17-18(15)14-4-2-1-3-5-14/h1-7,11-13,16,19H,8-10H2. The maximum absolute atomic E-state index is 10.6. The van der Waals surface area contributed by atoms with E-state index in [2.05, 4.69) is 5.10 Å². The van der Waals surface area contributed by atoms with E-state index in [9.17, 15) is 5.11 Å². The molecule has 2 fully saturated rings. The van der Waals surface area contributed by atoms with Gasteiger partial charge in [0.05, 0.1) is 17.5 Å². The average Bonchev–Trinajstić information content (AvgIpc) is 2.91. The lowest BCUT2D eigenvalue weighted by Gasteiger charge is -2.20. The molecule has 1 N–H and O–H groups in total. The molecule has 0 bridgehead atoms. The summed E-state index contributed by atoms with van der Waals surface area (Å²) < 4.78 is 1.87. The highest BCUT2D eigenvalue weighted by Crippen LogP contribution is 2.57. The van der Waals surface area contributed by atoms with E-state index in [1.54, 1.807) is 6.20 Å². The normalized spacial score (nSPS) is 30.1. The Hall–Kier alpha value is -1.61. The molecule has 0 aliphatic heterocycles. The molecule has 1 aromatic carbocycles. The van der Waals surface area contributed by atoms with Crippen LogP contribution < -0.4 is 0 Å². The number of aromatic nitrogens is 2. The Morgan fingerprint density at radius 1 is 1.05 bits per heavy atom. The van der Waals surface area contributed by atoms with E-state index >= 15 is 0 Å². The summed E-state index contributed by atoms with van der Waals surface area (Å²) in [5.41, 5.74) is 1.95. The molecule has 2 aromatic rings. The van der Waals surface area contributed by atoms with Gasteiger partial charge in [-0.25, -0.2) is 4.68 Å². The van der Waals surface area contributed by atoms with Gasteiger partial charge in [0.25, 0.3) is 0 Å². The van der Waals surface area contributed by atoms with Crippen molar-refractivity contribution in [2.75, 3.05) is 0 Å². The minimum atomic E-state index is -0.379. The molecule has 0 saturated heterocycles. The van der Waals surface area contributed by atoms with Crippen molar-refractivity contribution in [1.82, 2.24) is 9.78 Å². The van der Waals surface area contributed by atoms with E-state index in [-0.39, 0.29) is 6.10 Å². The molecule has 98 valence electrons. The fourth-order valence-electron chi connectivity index (χ4n) is 3.58. The topological polar surface area (TPSA) is 38.1 Å². The van der Waals surface area contributed by atoms with E-state index in [1.807, 2.05) is 41.1 Å². The lowest BCUT2D eigenvalue weighted by Crippen LogP contribution is -2.15. The highest BCUT2D eigenvalue weighted by Gasteiger charge is 2.48. The molecule has 1 aromatic heterocycles. The van der Waals surface area contributed by atoms with Gasteiger partial charge in [-0.05, 0) is 55.2 Å². The Morgan fingerprint density at radius 3 is 2.53 bits per heavy atom. The SMILES string of the molecule is OC(c1ccnn1-c1ccccc1)C1CC2CC2C1. The van der Waals surface area contributed by atoms with Crippen molar-refractivity contribution in [3.05, 3.63) is 48.3 Å². The molecule has 2 saturated carbocycles. The molecular weight excluding hydrogens is 236 g/mol. The first-order valence-electron chi connectivity index (χ1n) is 7.10. The molecule has 19 heavy (non-hydrogen) atoms. The van der Waals surface area contributed by atoms with Crippen LogP contribution in [-0.4, -0.2) is 14.9 Å². The molecule has 3 nitrogen and oxygen atoms in total. The van der Waals surface area contributed by atoms with Crippen molar-refractivity contribution in [3.63, 3.8) is 0 Å². The number of hydrogen-bond donors (Lipinski definition) is 1. The molecule has 0 amide bonds. The van der Waals surface area contributed by atoms with E-state index in [0.717, 1.165) is 23.2 Å². The van der Waals surface area contributed by atoms with Crippen molar-refractivity contribution in [1.29, 1.82) is 0 Å². The van der Waals surface area contributed by atoms with Crippen molar-refractivity contribution < 1.29 is 5.11 Å². The van der Waals surface area contributed by atoms with Gasteiger partial charge in [0.15, 0.2) is 0 Å². The van der Waals surface area contributed by atoms with E-state index < -0.39 is 0 Å². The van der Waals surface area contributed by atoms with Gasteiger partial charge in [-0.15, -0.1) is 0 Å². The summed E-state index contributed by atoms with van der Waals surface area (Å²) in [4.78, 5) is 0. The van der Waals surface area contributed by atoms with Crippen LogP contribution in [0.1, 0.15) is 31.1 Å². The number of fused-ring (bicyclic) bond motifs is 1. The van der Waals surface area contributed by atoms with Crippen LogP contribution in [0.4, 0.5) is 0 Å². The van der Waals surface area contributed by atoms with Crippen LogP contribution in [0, 0.1) is 17.8 Å². The highest BCUT2D eigenvalue weighted by molar-refractivity contribution is 5.33. The first-order valence-corrected chi connectivity index (χ1v) is 7.10. The second-order valence-electron chi connectivity index (χ2n) is 5.94. The summed E-state index contributed by atoms with van der Waals surface area (Å²) in [5, 5.41) is 15.0. The number of aliphatic hydroxyl groups excluding tert-OH is 1. The van der Waals surface area contributed by atoms with Crippen LogP contribution in [0.2, 0.25) is 0 Å². The zero-order valence-corrected chi connectivity index (χ0v) is 10.8. The zero-order chi connectivity index (χ0) is 12.8. The lowest BCUT2D eigenvalue weighted by molar-refractivity contribution is 0.0978. The van der Waals surface area contributed by atoms with Gasteiger partial charge >= 0.3 is 0 Å². The predicted molar refractivity (Wildman–Crippen MR) is 72.8 cm³/mol. The van der Waals surface area contributed by atoms with Crippen molar-refractivity contribution in [3.8, 4) is 5.69 Å². The largest absolute Gasteiger partial charge is 0.387 e. The minimum absolute atomic E-state index is 0.379. The van der Waals surface area contributed by atoms with Crippen LogP contribution >= 0.6 is 0 Å². The fraction of sp³-hybridized carbons (Fsp3) is 0.438. The maximum Gasteiger partial charge on any atom is 0.0989 e. The number of benzene rings is 1. The second-order valence-corrected chi connectivity index (χ2v) is 5.94. The molecule has 2 aliphatic carbocycles. The van der Waals surface area contributed by atoms with E-state index in [1.165, 1.54) is 19.3 Å². The molecule has 3 heteroatoms. The summed E-state index contributed by atoms with van der Waals surface area (Å²) >= 11 is 0. The lowest BCUT2D eigenvalue weighted by atomic mass is 9.94. The number of aliphatic hydroxyl groups is 1. The Morgan fingerprint density at radius 2 is 1.79 bits per heavy atom. The second kappa shape index (κ2) is 4.20. The summed E-state index contributed by atoms with van der Waals surface area (Å²) in [6, 6.07) is 12.0. The molecule has 2 aliphatic rings. The Labute approximate surface area is 112 Å². The van der Waals surface area contributed by atoms with Crippen molar-refractivity contribution in [2.24, 2.45) is 17.8 Å². The Balaban J connectivity index is 1.63. The molecule has 0 radical (unpaired) electrons. The van der Waals surface area contributed by atoms with Gasteiger partial charge in [0.1, 0.15) is 0 Å². The number of nitrogens with zero attached hydrogens (tertiary/aromatic N) is 2. The summed E-state index contributed by atoms with van der Waals surface area (Å²) in [6.45, 7) is 0. The third-order valence-corrected chi connectivity index (χ3v) is 4.70. The first kappa shape index (κ1) is 11.2. The Kier molecular flexibility index (Phi) is 2.49. The number of para-hydroxylation sites is 1. The fourth-order valence-corrected chi connectivity index (χ4v) is 3.58. The number of rotatable bonds is 3. The molecular formula is C16H18N2O. The summed E-state index contributed by atoms with van der Waals surface area (Å²) in [7, 11) is 0. The van der Waals surface area contributed by atoms with Crippen LogP contribution in [0.15, 0.2) is 42.6 Å². The molecule has 3 unspecified atom stereocenters. The van der Waals surface area contributed by atoms with Crippen molar-refractivity contribution in [2.45, 2.75) is 25.4 Å². The van der Waals surface area contributed by atoms with E-state index in [0.29, 0.717) is 5.92 Å². The average molecular weight is 254 g/mol. The van der Waals surface area contributed by atoms with Crippen LogP contribution in [0.5, 0.6) is 0 Å². The van der Waals surface area contributed by atoms with Crippen LogP contribution in [-0.2, 0) is 0 Å². The van der Waals surface area contributed by atoms with Crippen LogP contribution in [0.3, 0.4) is 0 Å². The van der Waals surface area contributed by atoms with Gasteiger partial charge < -0.3 is 5.11 Å². The van der Waals surface area contributed by atoms with Crippen LogP contribution in [0.25, 0.3) is 5.69 Å². The smallest absolute Gasteiger partial charge is 0.0989 e. The maximum atomic E-state index is 10.6. The predicted octanol–water partition coefficient (Wildman–Crippen LogP) is 2.95. The van der Waals surface area contributed by atoms with Gasteiger partial charge in [-0.2, -0.15) is 5.10 Å². The molecule has 4 rings (SSSR count). The summed E-state index contributed by atoms with van der Waals surface area (Å²) in [5.74, 6) is 2.21. The quantitative estimate of drug-likeness (QED) is 0.914. The van der Waals surface area contributed by atoms with Gasteiger partial charge in [0, 0.05) is 6.20 Å².